The smallest absolute Gasteiger partial charge is 0.238 e. The number of allylic oxidation sites excluding steroid dienone is 1. The van der Waals surface area contributed by atoms with Gasteiger partial charge >= 0.3 is 0 Å². The number of phenols is 1. The van der Waals surface area contributed by atoms with Crippen LogP contribution in [0.25, 0.3) is 6.08 Å². The third-order valence-electron chi connectivity index (χ3n) is 9.44. The van der Waals surface area contributed by atoms with E-state index in [4.69, 9.17) is 9.47 Å². The maximum Gasteiger partial charge on any atom is 0.238 e. The monoisotopic (exact) mass is 626 g/mol. The molecule has 0 saturated carbocycles. The van der Waals surface area contributed by atoms with E-state index in [1.54, 1.807) is 12.1 Å². The molecule has 7 nitrogen and oxygen atoms in total. The van der Waals surface area contributed by atoms with Gasteiger partial charge in [-0.3, -0.25) is 14.5 Å². The Morgan fingerprint density at radius 1 is 0.894 bits per heavy atom. The maximum atomic E-state index is 14.1. The second-order valence-electron chi connectivity index (χ2n) is 12.6. The van der Waals surface area contributed by atoms with Crippen molar-refractivity contribution >= 4 is 35.0 Å². The van der Waals surface area contributed by atoms with E-state index in [1.807, 2.05) is 97.1 Å². The summed E-state index contributed by atoms with van der Waals surface area (Å²) in [7, 11) is 0. The first-order valence-electron chi connectivity index (χ1n) is 16.2. The van der Waals surface area contributed by atoms with Crippen LogP contribution in [0.15, 0.2) is 126 Å². The molecule has 47 heavy (non-hydrogen) atoms. The van der Waals surface area contributed by atoms with E-state index >= 15 is 0 Å². The Morgan fingerprint density at radius 3 is 2.36 bits per heavy atom. The lowest BCUT2D eigenvalue weighted by molar-refractivity contribution is -0.122. The number of nitrogens with one attached hydrogen (secondary N) is 1. The summed E-state index contributed by atoms with van der Waals surface area (Å²) in [6, 6.07) is 34.2. The first-order chi connectivity index (χ1) is 22.9. The van der Waals surface area contributed by atoms with Gasteiger partial charge in [-0.05, 0) is 104 Å². The second-order valence-corrected chi connectivity index (χ2v) is 12.6. The Kier molecular flexibility index (Phi) is 8.64. The van der Waals surface area contributed by atoms with E-state index < -0.39 is 11.8 Å². The number of hydrogen-bond donors (Lipinski definition) is 2. The van der Waals surface area contributed by atoms with Gasteiger partial charge in [0.25, 0.3) is 0 Å². The summed E-state index contributed by atoms with van der Waals surface area (Å²) in [5, 5.41) is 13.2. The average molecular weight is 627 g/mol. The molecule has 2 heterocycles. The topological polar surface area (TPSA) is 88.1 Å². The number of hydrogen-bond acceptors (Lipinski definition) is 6. The van der Waals surface area contributed by atoms with E-state index in [9.17, 15) is 14.7 Å². The average Bonchev–Trinajstić information content (AvgIpc) is 3.62. The normalized spacial score (nSPS) is 22.3. The van der Waals surface area contributed by atoms with Gasteiger partial charge in [0.1, 0.15) is 18.1 Å². The molecule has 4 aromatic carbocycles. The molecule has 7 heteroatoms. The first-order valence-corrected chi connectivity index (χ1v) is 16.2. The molecule has 0 unspecified atom stereocenters. The molecular weight excluding hydrogens is 588 g/mol. The van der Waals surface area contributed by atoms with Gasteiger partial charge in [-0.15, -0.1) is 0 Å². The van der Waals surface area contributed by atoms with E-state index in [0.29, 0.717) is 25.3 Å². The number of rotatable bonds is 10. The van der Waals surface area contributed by atoms with Crippen molar-refractivity contribution in [2.24, 2.45) is 17.8 Å². The molecule has 0 spiro atoms. The van der Waals surface area contributed by atoms with E-state index in [2.05, 4.69) is 18.3 Å². The molecule has 4 atom stereocenters. The number of anilines is 3. The summed E-state index contributed by atoms with van der Waals surface area (Å²) in [6.45, 7) is 2.83. The molecule has 0 aromatic heterocycles. The lowest BCUT2D eigenvalue weighted by Crippen LogP contribution is -2.35. The van der Waals surface area contributed by atoms with Gasteiger partial charge in [0.05, 0.1) is 30.2 Å². The van der Waals surface area contributed by atoms with Crippen LogP contribution in [0.3, 0.4) is 0 Å². The van der Waals surface area contributed by atoms with Gasteiger partial charge < -0.3 is 19.9 Å². The number of amides is 2. The van der Waals surface area contributed by atoms with Crippen LogP contribution >= 0.6 is 0 Å². The number of carbonyl (C=O) groups excluding carboxylic acids is 2. The minimum absolute atomic E-state index is 0.154. The van der Waals surface area contributed by atoms with Crippen LogP contribution in [0.1, 0.15) is 31.7 Å². The first kappa shape index (κ1) is 30.5. The lowest BCUT2D eigenvalue weighted by atomic mass is 9.69. The second kappa shape index (κ2) is 13.3. The Balaban J connectivity index is 1.12. The Hall–Kier alpha value is -5.14. The molecule has 2 amide bonds. The van der Waals surface area contributed by atoms with E-state index in [0.717, 1.165) is 46.7 Å². The fraction of sp³-hybridized carbons (Fsp3) is 0.250. The SMILES string of the molecule is C/C(=C\c1cccc(O)c1)CC[C@H]1OC[C@H]2C1=C(COc1ccccc1)C[C@H]1C(=O)N(c3ccc(Nc4ccccc4)cc3)C(=O)[C@H]12. The third-order valence-corrected chi connectivity index (χ3v) is 9.44. The van der Waals surface area contributed by atoms with Crippen LogP contribution in [0.5, 0.6) is 11.5 Å². The number of benzene rings is 4. The van der Waals surface area contributed by atoms with Crippen LogP contribution in [-0.2, 0) is 14.3 Å². The molecule has 1 aliphatic carbocycles. The standard InChI is InChI=1S/C40H38N2O5/c1-26(21-27-9-8-12-32(43)22-27)15-20-36-37-28(24-46-33-13-6-3-7-14-33)23-34-38(35(37)25-47-36)40(45)42(39(34)44)31-18-16-30(17-19-31)41-29-10-4-2-5-11-29/h2-14,16-19,21-22,34-36,38,41,43H,15,20,23-25H2,1H3/b26-21+/t34-,35+,36-,38-/m1/s1. The molecule has 2 aliphatic heterocycles. The van der Waals surface area contributed by atoms with Gasteiger partial charge in [-0.25, -0.2) is 0 Å². The number of para-hydroxylation sites is 2. The number of nitrogens with zero attached hydrogens (tertiary/aromatic N) is 1. The van der Waals surface area contributed by atoms with Crippen LogP contribution in [0.2, 0.25) is 0 Å². The van der Waals surface area contributed by atoms with Crippen molar-refractivity contribution in [2.75, 3.05) is 23.4 Å². The van der Waals surface area contributed by atoms with Crippen molar-refractivity contribution in [3.8, 4) is 11.5 Å². The van der Waals surface area contributed by atoms with Gasteiger partial charge in [-0.1, -0.05) is 60.2 Å². The number of aromatic hydroxyl groups is 1. The Labute approximate surface area is 275 Å². The quantitative estimate of drug-likeness (QED) is 0.137. The zero-order valence-electron chi connectivity index (χ0n) is 26.3. The van der Waals surface area contributed by atoms with Crippen molar-refractivity contribution in [3.05, 3.63) is 131 Å². The highest BCUT2D eigenvalue weighted by molar-refractivity contribution is 6.22. The summed E-state index contributed by atoms with van der Waals surface area (Å²) in [5.74, 6) is -0.408. The van der Waals surface area contributed by atoms with Crippen molar-refractivity contribution in [1.82, 2.24) is 0 Å². The number of fused-ring (bicyclic) bond motifs is 3. The largest absolute Gasteiger partial charge is 0.508 e. The number of carbonyl (C=O) groups is 2. The number of phenolic OH excluding ortho intramolecular Hbond substituents is 1. The predicted octanol–water partition coefficient (Wildman–Crippen LogP) is 7.92. The molecule has 2 N–H and O–H groups in total. The van der Waals surface area contributed by atoms with Crippen LogP contribution in [0, 0.1) is 17.8 Å². The molecule has 0 bridgehead atoms. The Bertz CT molecular complexity index is 1820. The molecule has 4 aromatic rings. The Morgan fingerprint density at radius 2 is 1.62 bits per heavy atom. The molecule has 7 rings (SSSR count). The minimum atomic E-state index is -0.464. The molecule has 2 fully saturated rings. The van der Waals surface area contributed by atoms with Crippen LogP contribution < -0.4 is 15.0 Å². The van der Waals surface area contributed by atoms with Gasteiger partial charge in [0.2, 0.25) is 11.8 Å². The summed E-state index contributed by atoms with van der Waals surface area (Å²) < 4.78 is 12.7. The van der Waals surface area contributed by atoms with Crippen LogP contribution in [-0.4, -0.2) is 36.2 Å². The van der Waals surface area contributed by atoms with Gasteiger partial charge in [0.15, 0.2) is 0 Å². The fourth-order valence-corrected chi connectivity index (χ4v) is 7.26. The summed E-state index contributed by atoms with van der Waals surface area (Å²) in [4.78, 5) is 29.5. The zero-order chi connectivity index (χ0) is 32.3. The number of imide groups is 1. The third kappa shape index (κ3) is 6.44. The molecule has 2 saturated heterocycles. The van der Waals surface area contributed by atoms with Gasteiger partial charge in [-0.2, -0.15) is 0 Å². The highest BCUT2D eigenvalue weighted by Gasteiger charge is 2.57. The van der Waals surface area contributed by atoms with Crippen molar-refractivity contribution in [1.29, 1.82) is 0 Å². The van der Waals surface area contributed by atoms with Crippen molar-refractivity contribution in [2.45, 2.75) is 32.3 Å². The van der Waals surface area contributed by atoms with E-state index in [-0.39, 0.29) is 29.6 Å². The molecular formula is C40H38N2O5. The van der Waals surface area contributed by atoms with Crippen molar-refractivity contribution < 1.29 is 24.2 Å². The van der Waals surface area contributed by atoms with Crippen LogP contribution in [0.4, 0.5) is 17.1 Å². The van der Waals surface area contributed by atoms with E-state index in [1.165, 1.54) is 10.5 Å². The van der Waals surface area contributed by atoms with Crippen molar-refractivity contribution in [3.63, 3.8) is 0 Å². The summed E-state index contributed by atoms with van der Waals surface area (Å²) >= 11 is 0. The summed E-state index contributed by atoms with van der Waals surface area (Å²) in [6.07, 6.45) is 3.92. The zero-order valence-corrected chi connectivity index (χ0v) is 26.3. The molecule has 0 radical (unpaired) electrons. The minimum Gasteiger partial charge on any atom is -0.508 e. The molecule has 3 aliphatic rings. The van der Waals surface area contributed by atoms with Gasteiger partial charge in [0, 0.05) is 17.3 Å². The lowest BCUT2D eigenvalue weighted by Gasteiger charge is -2.31. The summed E-state index contributed by atoms with van der Waals surface area (Å²) in [5.41, 5.74) is 6.72. The highest BCUT2D eigenvalue weighted by atomic mass is 16.5. The molecule has 238 valence electrons. The highest BCUT2D eigenvalue weighted by Crippen LogP contribution is 2.50. The fourth-order valence-electron chi connectivity index (χ4n) is 7.26. The number of ether oxygens (including phenoxy) is 2. The predicted molar refractivity (Wildman–Crippen MR) is 183 cm³/mol. The maximum absolute atomic E-state index is 14.1.